The molecule has 32 heavy (non-hydrogen) atoms. The topological polar surface area (TPSA) is 75.7 Å². The van der Waals surface area contributed by atoms with Gasteiger partial charge in [-0.1, -0.05) is 52.0 Å². The summed E-state index contributed by atoms with van der Waals surface area (Å²) < 4.78 is 32.3. The molecular weight excluding hydrogens is 424 g/mol. The molecule has 0 spiro atoms. The lowest BCUT2D eigenvalue weighted by molar-refractivity contribution is -0.122. The molecule has 0 aliphatic rings. The Bertz CT molecular complexity index is 1040. The molecule has 0 aromatic heterocycles. The highest BCUT2D eigenvalue weighted by atomic mass is 32.2. The number of carbonyl (C=O) groups is 1. The average molecular weight is 461 g/mol. The van der Waals surface area contributed by atoms with Gasteiger partial charge in [-0.3, -0.25) is 9.10 Å². The first-order chi connectivity index (χ1) is 14.9. The van der Waals surface area contributed by atoms with Gasteiger partial charge in [-0.25, -0.2) is 8.42 Å². The molecule has 0 heterocycles. The molecule has 1 amide bonds. The zero-order valence-corrected chi connectivity index (χ0v) is 21.0. The summed E-state index contributed by atoms with van der Waals surface area (Å²) in [6, 6.07) is 12.4. The third kappa shape index (κ3) is 6.48. The number of para-hydroxylation sites is 1. The number of benzene rings is 2. The molecule has 0 saturated carbocycles. The van der Waals surface area contributed by atoms with Crippen molar-refractivity contribution < 1.29 is 17.9 Å². The second kappa shape index (κ2) is 10.4. The fraction of sp³-hybridized carbons (Fsp3) is 0.480. The summed E-state index contributed by atoms with van der Waals surface area (Å²) in [4.78, 5) is 13.0. The maximum atomic E-state index is 13.0. The van der Waals surface area contributed by atoms with Crippen LogP contribution in [0.4, 0.5) is 5.69 Å². The van der Waals surface area contributed by atoms with Crippen LogP contribution in [-0.2, 0) is 20.2 Å². The molecule has 2 rings (SSSR count). The van der Waals surface area contributed by atoms with Gasteiger partial charge >= 0.3 is 0 Å². The fourth-order valence-electron chi connectivity index (χ4n) is 3.59. The third-order valence-electron chi connectivity index (χ3n) is 5.43. The van der Waals surface area contributed by atoms with Crippen molar-refractivity contribution in [1.29, 1.82) is 0 Å². The molecule has 0 bridgehead atoms. The van der Waals surface area contributed by atoms with Crippen molar-refractivity contribution in [3.63, 3.8) is 0 Å². The van der Waals surface area contributed by atoms with Crippen LogP contribution in [0.1, 0.15) is 50.8 Å². The van der Waals surface area contributed by atoms with Gasteiger partial charge in [0.05, 0.1) is 18.5 Å². The second-order valence-electron chi connectivity index (χ2n) is 9.14. The lowest BCUT2D eigenvalue weighted by Gasteiger charge is -2.30. The molecule has 1 atom stereocenters. The molecule has 0 saturated heterocycles. The first kappa shape index (κ1) is 25.7. The van der Waals surface area contributed by atoms with Gasteiger partial charge in [0.2, 0.25) is 15.9 Å². The van der Waals surface area contributed by atoms with E-state index in [9.17, 15) is 13.2 Å². The molecule has 6 nitrogen and oxygen atoms in total. The largest absolute Gasteiger partial charge is 0.491 e. The zero-order chi connectivity index (χ0) is 24.1. The van der Waals surface area contributed by atoms with E-state index in [1.165, 1.54) is 4.31 Å². The van der Waals surface area contributed by atoms with Gasteiger partial charge < -0.3 is 10.1 Å². The monoisotopic (exact) mass is 460 g/mol. The van der Waals surface area contributed by atoms with E-state index in [-0.39, 0.29) is 24.5 Å². The number of amides is 1. The Balaban J connectivity index is 2.11. The Morgan fingerprint density at radius 2 is 1.75 bits per heavy atom. The Hall–Kier alpha value is -2.54. The maximum absolute atomic E-state index is 13.0. The first-order valence-corrected chi connectivity index (χ1v) is 12.8. The number of nitrogens with one attached hydrogen (secondary N) is 1. The predicted molar refractivity (Wildman–Crippen MR) is 131 cm³/mol. The number of hydrogen-bond acceptors (Lipinski definition) is 4. The van der Waals surface area contributed by atoms with Gasteiger partial charge in [-0.05, 0) is 60.6 Å². The van der Waals surface area contributed by atoms with Crippen LogP contribution < -0.4 is 14.4 Å². The van der Waals surface area contributed by atoms with Crippen LogP contribution in [0.5, 0.6) is 5.75 Å². The number of ether oxygens (including phenoxy) is 1. The van der Waals surface area contributed by atoms with Crippen molar-refractivity contribution in [2.45, 2.75) is 59.4 Å². The molecule has 0 aliphatic heterocycles. The number of aryl methyl sites for hydroxylation is 2. The molecule has 176 valence electrons. The number of anilines is 1. The van der Waals surface area contributed by atoms with Gasteiger partial charge in [0, 0.05) is 0 Å². The average Bonchev–Trinajstić information content (AvgIpc) is 2.70. The van der Waals surface area contributed by atoms with Gasteiger partial charge in [0.1, 0.15) is 18.4 Å². The van der Waals surface area contributed by atoms with Gasteiger partial charge in [-0.15, -0.1) is 0 Å². The van der Waals surface area contributed by atoms with Crippen molar-refractivity contribution in [3.8, 4) is 5.75 Å². The minimum absolute atomic E-state index is 0.0602. The Labute approximate surface area is 193 Å². The number of hydrogen-bond donors (Lipinski definition) is 1. The van der Waals surface area contributed by atoms with E-state index in [2.05, 4.69) is 26.1 Å². The Kier molecular flexibility index (Phi) is 8.35. The molecule has 1 unspecified atom stereocenters. The van der Waals surface area contributed by atoms with Crippen molar-refractivity contribution in [2.75, 3.05) is 23.7 Å². The van der Waals surface area contributed by atoms with E-state index >= 15 is 0 Å². The quantitative estimate of drug-likeness (QED) is 0.565. The van der Waals surface area contributed by atoms with E-state index in [1.807, 2.05) is 44.2 Å². The summed E-state index contributed by atoms with van der Waals surface area (Å²) in [5.74, 6) is 0.443. The second-order valence-corrected chi connectivity index (χ2v) is 11.0. The first-order valence-electron chi connectivity index (χ1n) is 10.9. The summed E-state index contributed by atoms with van der Waals surface area (Å²) in [5, 5.41) is 2.84. The SMILES string of the molecule is CCC(C(=O)NCCOc1ccccc1C(C)(C)C)N(c1ccc(C)c(C)c1)S(C)(=O)=O. The van der Waals surface area contributed by atoms with Gasteiger partial charge in [-0.2, -0.15) is 0 Å². The highest BCUT2D eigenvalue weighted by Crippen LogP contribution is 2.31. The van der Waals surface area contributed by atoms with E-state index in [0.717, 1.165) is 28.7 Å². The summed E-state index contributed by atoms with van der Waals surface area (Å²) in [5.41, 5.74) is 3.56. The van der Waals surface area contributed by atoms with Crippen LogP contribution in [0.15, 0.2) is 42.5 Å². The smallest absolute Gasteiger partial charge is 0.244 e. The van der Waals surface area contributed by atoms with E-state index in [4.69, 9.17) is 4.74 Å². The van der Waals surface area contributed by atoms with Crippen molar-refractivity contribution in [1.82, 2.24) is 5.32 Å². The number of sulfonamides is 1. The van der Waals surface area contributed by atoms with Crippen molar-refractivity contribution >= 4 is 21.6 Å². The lowest BCUT2D eigenvalue weighted by Crippen LogP contribution is -2.50. The van der Waals surface area contributed by atoms with Crippen LogP contribution in [0.2, 0.25) is 0 Å². The van der Waals surface area contributed by atoms with Crippen LogP contribution in [-0.4, -0.2) is 39.8 Å². The summed E-state index contributed by atoms with van der Waals surface area (Å²) in [7, 11) is -3.66. The predicted octanol–water partition coefficient (Wildman–Crippen LogP) is 4.34. The molecule has 2 aromatic rings. The van der Waals surface area contributed by atoms with E-state index in [1.54, 1.807) is 19.1 Å². The third-order valence-corrected chi connectivity index (χ3v) is 6.61. The number of rotatable bonds is 9. The summed E-state index contributed by atoms with van der Waals surface area (Å²) in [6.07, 6.45) is 1.48. The zero-order valence-electron chi connectivity index (χ0n) is 20.2. The van der Waals surface area contributed by atoms with Crippen molar-refractivity contribution in [2.24, 2.45) is 0 Å². The molecule has 0 fully saturated rings. The minimum atomic E-state index is -3.66. The van der Waals surface area contributed by atoms with Crippen LogP contribution >= 0.6 is 0 Å². The Morgan fingerprint density at radius 3 is 2.31 bits per heavy atom. The standard InChI is InChI=1S/C25H36N2O4S/c1-8-22(27(32(7,29)30)20-14-13-18(2)19(3)17-20)24(28)26-15-16-31-23-12-10-9-11-21(23)25(4,5)6/h9-14,17,22H,8,15-16H2,1-7H3,(H,26,28). The number of carbonyl (C=O) groups excluding carboxylic acids is 1. The molecular formula is C25H36N2O4S. The molecule has 7 heteroatoms. The van der Waals surface area contributed by atoms with Crippen LogP contribution in [0.25, 0.3) is 0 Å². The van der Waals surface area contributed by atoms with Crippen LogP contribution in [0.3, 0.4) is 0 Å². The van der Waals surface area contributed by atoms with E-state index in [0.29, 0.717) is 12.1 Å². The molecule has 0 aliphatic carbocycles. The van der Waals surface area contributed by atoms with Gasteiger partial charge in [0.15, 0.2) is 0 Å². The van der Waals surface area contributed by atoms with Crippen molar-refractivity contribution in [3.05, 3.63) is 59.2 Å². The summed E-state index contributed by atoms with van der Waals surface area (Å²) >= 11 is 0. The van der Waals surface area contributed by atoms with E-state index < -0.39 is 16.1 Å². The summed E-state index contributed by atoms with van der Waals surface area (Å²) in [6.45, 7) is 12.6. The maximum Gasteiger partial charge on any atom is 0.244 e. The normalized spacial score (nSPS) is 12.8. The van der Waals surface area contributed by atoms with Gasteiger partial charge in [0.25, 0.3) is 0 Å². The Morgan fingerprint density at radius 1 is 1.09 bits per heavy atom. The number of nitrogens with zero attached hydrogens (tertiary/aromatic N) is 1. The molecule has 1 N–H and O–H groups in total. The fourth-order valence-corrected chi connectivity index (χ4v) is 4.79. The minimum Gasteiger partial charge on any atom is -0.491 e. The lowest BCUT2D eigenvalue weighted by atomic mass is 9.86. The molecule has 2 aromatic carbocycles. The van der Waals surface area contributed by atoms with Crippen LogP contribution in [0, 0.1) is 13.8 Å². The highest BCUT2D eigenvalue weighted by molar-refractivity contribution is 7.92. The molecule has 0 radical (unpaired) electrons. The highest BCUT2D eigenvalue weighted by Gasteiger charge is 2.31.